The van der Waals surface area contributed by atoms with E-state index in [2.05, 4.69) is 0 Å². The van der Waals surface area contributed by atoms with E-state index in [-0.39, 0.29) is 12.8 Å². The Morgan fingerprint density at radius 2 is 0.886 bits per heavy atom. The van der Waals surface area contributed by atoms with Gasteiger partial charge in [-0.3, -0.25) is 9.59 Å². The highest BCUT2D eigenvalue weighted by atomic mass is 16.4. The zero-order valence-electron chi connectivity index (χ0n) is 19.2. The lowest BCUT2D eigenvalue weighted by atomic mass is 9.65. The van der Waals surface area contributed by atoms with Crippen LogP contribution in [0.1, 0.15) is 46.9 Å². The fraction of sp³-hybridized carbons (Fsp3) is 0.161. The number of hydrogen-bond acceptors (Lipinski definition) is 2. The van der Waals surface area contributed by atoms with E-state index in [1.54, 1.807) is 0 Å². The van der Waals surface area contributed by atoms with E-state index >= 15 is 0 Å². The van der Waals surface area contributed by atoms with Gasteiger partial charge in [0.25, 0.3) is 0 Å². The van der Waals surface area contributed by atoms with Crippen LogP contribution in [0.3, 0.4) is 0 Å². The van der Waals surface area contributed by atoms with E-state index < -0.39 is 29.2 Å². The highest BCUT2D eigenvalue weighted by Crippen LogP contribution is 2.56. The molecule has 4 heteroatoms. The van der Waals surface area contributed by atoms with Crippen molar-refractivity contribution in [3.05, 3.63) is 131 Å². The Labute approximate surface area is 204 Å². The van der Waals surface area contributed by atoms with Crippen molar-refractivity contribution in [1.82, 2.24) is 0 Å². The summed E-state index contributed by atoms with van der Waals surface area (Å²) in [7, 11) is 0. The summed E-state index contributed by atoms with van der Waals surface area (Å²) in [5.41, 5.74) is 4.71. The quantitative estimate of drug-likeness (QED) is 0.315. The minimum Gasteiger partial charge on any atom is -0.481 e. The molecule has 4 aromatic carbocycles. The molecule has 174 valence electrons. The minimum absolute atomic E-state index is 0.261. The second-order valence-corrected chi connectivity index (χ2v) is 9.18. The second kappa shape index (κ2) is 9.22. The Bertz CT molecular complexity index is 1250. The summed E-state index contributed by atoms with van der Waals surface area (Å²) in [6.45, 7) is 0. The molecule has 4 nitrogen and oxygen atoms in total. The molecule has 35 heavy (non-hydrogen) atoms. The molecule has 0 aromatic heterocycles. The highest BCUT2D eigenvalue weighted by molar-refractivity contribution is 5.84. The summed E-state index contributed by atoms with van der Waals surface area (Å²) in [5.74, 6) is -3.41. The van der Waals surface area contributed by atoms with Crippen molar-refractivity contribution in [2.75, 3.05) is 0 Å². The largest absolute Gasteiger partial charge is 0.481 e. The first-order valence-electron chi connectivity index (χ1n) is 11.8. The van der Waals surface area contributed by atoms with Crippen molar-refractivity contribution in [1.29, 1.82) is 0 Å². The molecule has 0 heterocycles. The molecule has 1 aliphatic carbocycles. The lowest BCUT2D eigenvalue weighted by Crippen LogP contribution is -2.34. The van der Waals surface area contributed by atoms with E-state index in [9.17, 15) is 19.8 Å². The number of benzene rings is 4. The predicted molar refractivity (Wildman–Crippen MR) is 136 cm³/mol. The van der Waals surface area contributed by atoms with E-state index in [4.69, 9.17) is 0 Å². The average molecular weight is 463 g/mol. The van der Waals surface area contributed by atoms with Crippen LogP contribution in [0.2, 0.25) is 0 Å². The van der Waals surface area contributed by atoms with Crippen molar-refractivity contribution in [3.8, 4) is 11.1 Å². The predicted octanol–water partition coefficient (Wildman–Crippen LogP) is 6.47. The van der Waals surface area contributed by atoms with Crippen molar-refractivity contribution < 1.29 is 19.8 Å². The summed E-state index contributed by atoms with van der Waals surface area (Å²) in [5, 5.41) is 20.7. The summed E-state index contributed by atoms with van der Waals surface area (Å²) >= 11 is 0. The van der Waals surface area contributed by atoms with E-state index in [0.717, 1.165) is 22.3 Å². The molecule has 0 fully saturated rings. The van der Waals surface area contributed by atoms with E-state index in [1.807, 2.05) is 109 Å². The Balaban J connectivity index is 1.73. The standard InChI is InChI=1S/C31H26O4/c32-29(33)25(21-11-3-1-4-12-21)19-31(20-26(30(34)35)22-13-5-2-6-14-22)27-17-9-7-15-23(27)24-16-8-10-18-28(24)31/h1-18,25-26H,19-20H2,(H,32,33)(H,34,35). The van der Waals surface area contributed by atoms with Crippen molar-refractivity contribution in [2.45, 2.75) is 30.1 Å². The number of carboxylic acid groups (broad SMARTS) is 2. The summed E-state index contributed by atoms with van der Waals surface area (Å²) in [6, 6.07) is 34.5. The second-order valence-electron chi connectivity index (χ2n) is 9.18. The SMILES string of the molecule is O=C(O)C(CC1(CC(C(=O)O)c2ccccc2)c2ccccc2-c2ccccc21)c1ccccc1. The van der Waals surface area contributed by atoms with Gasteiger partial charge in [-0.05, 0) is 46.2 Å². The van der Waals surface area contributed by atoms with Crippen LogP contribution in [-0.4, -0.2) is 22.2 Å². The fourth-order valence-electron chi connectivity index (χ4n) is 5.70. The third-order valence-electron chi connectivity index (χ3n) is 7.28. The monoisotopic (exact) mass is 462 g/mol. The van der Waals surface area contributed by atoms with Crippen LogP contribution < -0.4 is 0 Å². The van der Waals surface area contributed by atoms with Gasteiger partial charge in [-0.15, -0.1) is 0 Å². The molecule has 0 radical (unpaired) electrons. The zero-order valence-corrected chi connectivity index (χ0v) is 19.2. The molecule has 2 unspecified atom stereocenters. The normalized spacial score (nSPS) is 15.0. The van der Waals surface area contributed by atoms with Gasteiger partial charge in [0.1, 0.15) is 0 Å². The first kappa shape index (κ1) is 22.6. The average Bonchev–Trinajstić information content (AvgIpc) is 3.16. The number of rotatable bonds is 8. The van der Waals surface area contributed by atoms with Crippen molar-refractivity contribution in [2.24, 2.45) is 0 Å². The van der Waals surface area contributed by atoms with Crippen LogP contribution in [0.15, 0.2) is 109 Å². The Kier molecular flexibility index (Phi) is 5.96. The third-order valence-corrected chi connectivity index (χ3v) is 7.28. The molecule has 0 saturated heterocycles. The summed E-state index contributed by atoms with van der Waals surface area (Å²) in [6.07, 6.45) is 0.522. The lowest BCUT2D eigenvalue weighted by Gasteiger charge is -2.37. The molecule has 4 aromatic rings. The molecule has 2 atom stereocenters. The van der Waals surface area contributed by atoms with Gasteiger partial charge in [0.2, 0.25) is 0 Å². The molecule has 5 rings (SSSR count). The number of carbonyl (C=O) groups is 2. The first-order chi connectivity index (χ1) is 17.0. The van der Waals surface area contributed by atoms with E-state index in [0.29, 0.717) is 11.1 Å². The van der Waals surface area contributed by atoms with Crippen LogP contribution in [0.5, 0.6) is 0 Å². The molecule has 1 aliphatic rings. The Hall–Kier alpha value is -4.18. The topological polar surface area (TPSA) is 74.6 Å². The maximum Gasteiger partial charge on any atom is 0.311 e. The van der Waals surface area contributed by atoms with Crippen LogP contribution in [0, 0.1) is 0 Å². The summed E-state index contributed by atoms with van der Waals surface area (Å²) < 4.78 is 0. The van der Waals surface area contributed by atoms with E-state index in [1.165, 1.54) is 0 Å². The molecule has 2 N–H and O–H groups in total. The van der Waals surface area contributed by atoms with Gasteiger partial charge in [-0.2, -0.15) is 0 Å². The fourth-order valence-corrected chi connectivity index (χ4v) is 5.70. The Morgan fingerprint density at radius 1 is 0.543 bits per heavy atom. The van der Waals surface area contributed by atoms with Crippen LogP contribution in [-0.2, 0) is 15.0 Å². The molecule has 0 bridgehead atoms. The molecular weight excluding hydrogens is 436 g/mol. The minimum atomic E-state index is -0.913. The van der Waals surface area contributed by atoms with Gasteiger partial charge in [-0.1, -0.05) is 109 Å². The van der Waals surface area contributed by atoms with Crippen molar-refractivity contribution >= 4 is 11.9 Å². The van der Waals surface area contributed by atoms with Crippen molar-refractivity contribution in [3.63, 3.8) is 0 Å². The molecular formula is C31H26O4. The van der Waals surface area contributed by atoms with Gasteiger partial charge >= 0.3 is 11.9 Å². The molecule has 0 spiro atoms. The Morgan fingerprint density at radius 3 is 1.26 bits per heavy atom. The first-order valence-corrected chi connectivity index (χ1v) is 11.8. The zero-order chi connectivity index (χ0) is 24.4. The van der Waals surface area contributed by atoms with Gasteiger partial charge in [0.15, 0.2) is 0 Å². The highest BCUT2D eigenvalue weighted by Gasteiger charge is 2.48. The van der Waals surface area contributed by atoms with Gasteiger partial charge in [0, 0.05) is 5.41 Å². The summed E-state index contributed by atoms with van der Waals surface area (Å²) in [4.78, 5) is 25.3. The van der Waals surface area contributed by atoms with Gasteiger partial charge < -0.3 is 10.2 Å². The number of carboxylic acids is 2. The van der Waals surface area contributed by atoms with Crippen LogP contribution in [0.25, 0.3) is 11.1 Å². The maximum absolute atomic E-state index is 12.6. The van der Waals surface area contributed by atoms with Crippen LogP contribution in [0.4, 0.5) is 0 Å². The number of aliphatic carboxylic acids is 2. The lowest BCUT2D eigenvalue weighted by molar-refractivity contribution is -0.139. The van der Waals surface area contributed by atoms with Gasteiger partial charge in [0.05, 0.1) is 11.8 Å². The molecule has 0 aliphatic heterocycles. The maximum atomic E-state index is 12.6. The molecule has 0 amide bonds. The number of hydrogen-bond donors (Lipinski definition) is 2. The smallest absolute Gasteiger partial charge is 0.311 e. The van der Waals surface area contributed by atoms with Crippen LogP contribution >= 0.6 is 0 Å². The van der Waals surface area contributed by atoms with Gasteiger partial charge in [-0.25, -0.2) is 0 Å². The third kappa shape index (κ3) is 4.01. The molecule has 0 saturated carbocycles. The number of fused-ring (bicyclic) bond motifs is 3.